The third-order valence-corrected chi connectivity index (χ3v) is 4.22. The Kier molecular flexibility index (Phi) is 4.45. The summed E-state index contributed by atoms with van der Waals surface area (Å²) in [6, 6.07) is 26.6. The van der Waals surface area contributed by atoms with Crippen LogP contribution in [0.25, 0.3) is 11.1 Å². The first-order chi connectivity index (χ1) is 10.8. The van der Waals surface area contributed by atoms with Gasteiger partial charge >= 0.3 is 0 Å². The smallest absolute Gasteiger partial charge is 0.118 e. The highest BCUT2D eigenvalue weighted by Crippen LogP contribution is 2.30. The number of methoxy groups -OCH3 is 1. The standard InChI is InChI=1S/C20H17ClO/c1-22-19-13-11-16(12-14-19)15-7-9-18(10-8-15)20(21)17-5-3-2-4-6-17/h2-14,20H,1H3. The van der Waals surface area contributed by atoms with Gasteiger partial charge in [-0.3, -0.25) is 0 Å². The lowest BCUT2D eigenvalue weighted by molar-refractivity contribution is 0.415. The second-order valence-corrected chi connectivity index (χ2v) is 5.56. The van der Waals surface area contributed by atoms with Gasteiger partial charge in [0.1, 0.15) is 5.75 Å². The molecule has 110 valence electrons. The van der Waals surface area contributed by atoms with Crippen LogP contribution in [0.3, 0.4) is 0 Å². The summed E-state index contributed by atoms with van der Waals surface area (Å²) < 4.78 is 5.19. The van der Waals surface area contributed by atoms with Gasteiger partial charge in [0.25, 0.3) is 0 Å². The first-order valence-electron chi connectivity index (χ1n) is 7.21. The monoisotopic (exact) mass is 308 g/mol. The highest BCUT2D eigenvalue weighted by Gasteiger charge is 2.10. The van der Waals surface area contributed by atoms with E-state index in [4.69, 9.17) is 16.3 Å². The predicted molar refractivity (Wildman–Crippen MR) is 92.6 cm³/mol. The molecule has 0 aliphatic rings. The zero-order valence-electron chi connectivity index (χ0n) is 12.4. The van der Waals surface area contributed by atoms with Crippen LogP contribution in [-0.2, 0) is 0 Å². The van der Waals surface area contributed by atoms with Gasteiger partial charge in [0.05, 0.1) is 12.5 Å². The average molecular weight is 309 g/mol. The first-order valence-corrected chi connectivity index (χ1v) is 7.65. The lowest BCUT2D eigenvalue weighted by Gasteiger charge is -2.11. The topological polar surface area (TPSA) is 9.23 Å². The van der Waals surface area contributed by atoms with E-state index in [9.17, 15) is 0 Å². The maximum atomic E-state index is 6.55. The molecule has 3 rings (SSSR count). The van der Waals surface area contributed by atoms with Crippen molar-refractivity contribution in [2.45, 2.75) is 5.38 Å². The van der Waals surface area contributed by atoms with Crippen molar-refractivity contribution in [3.8, 4) is 16.9 Å². The summed E-state index contributed by atoms with van der Waals surface area (Å²) in [5.41, 5.74) is 4.55. The van der Waals surface area contributed by atoms with E-state index in [0.717, 1.165) is 22.4 Å². The van der Waals surface area contributed by atoms with Crippen LogP contribution in [0, 0.1) is 0 Å². The normalized spacial score (nSPS) is 11.9. The SMILES string of the molecule is COc1ccc(-c2ccc(C(Cl)c3ccccc3)cc2)cc1. The molecule has 0 saturated carbocycles. The van der Waals surface area contributed by atoms with Crippen LogP contribution in [0.15, 0.2) is 78.9 Å². The van der Waals surface area contributed by atoms with Gasteiger partial charge in [-0.1, -0.05) is 66.7 Å². The Morgan fingerprint density at radius 3 is 1.73 bits per heavy atom. The van der Waals surface area contributed by atoms with E-state index in [-0.39, 0.29) is 5.38 Å². The van der Waals surface area contributed by atoms with Crippen LogP contribution >= 0.6 is 11.6 Å². The van der Waals surface area contributed by atoms with Gasteiger partial charge in [-0.15, -0.1) is 11.6 Å². The quantitative estimate of drug-likeness (QED) is 0.562. The molecule has 0 saturated heterocycles. The Morgan fingerprint density at radius 2 is 1.18 bits per heavy atom. The third kappa shape index (κ3) is 3.15. The molecule has 0 heterocycles. The van der Waals surface area contributed by atoms with Gasteiger partial charge in [0, 0.05) is 0 Å². The maximum Gasteiger partial charge on any atom is 0.118 e. The van der Waals surface area contributed by atoms with Crippen molar-refractivity contribution in [1.29, 1.82) is 0 Å². The van der Waals surface area contributed by atoms with Gasteiger partial charge in [-0.2, -0.15) is 0 Å². The lowest BCUT2D eigenvalue weighted by atomic mass is 10.00. The molecule has 3 aromatic rings. The second-order valence-electron chi connectivity index (χ2n) is 5.12. The predicted octanol–water partition coefficient (Wildman–Crippen LogP) is 5.69. The molecule has 0 N–H and O–H groups in total. The zero-order chi connectivity index (χ0) is 15.4. The van der Waals surface area contributed by atoms with Gasteiger partial charge in [-0.05, 0) is 34.4 Å². The molecule has 1 nitrogen and oxygen atoms in total. The van der Waals surface area contributed by atoms with Crippen LogP contribution < -0.4 is 4.74 Å². The number of ether oxygens (including phenoxy) is 1. The van der Waals surface area contributed by atoms with Gasteiger partial charge < -0.3 is 4.74 Å². The molecule has 2 heteroatoms. The van der Waals surface area contributed by atoms with Crippen molar-refractivity contribution in [1.82, 2.24) is 0 Å². The fourth-order valence-electron chi connectivity index (χ4n) is 2.44. The van der Waals surface area contributed by atoms with Crippen molar-refractivity contribution >= 4 is 11.6 Å². The van der Waals surface area contributed by atoms with E-state index in [1.807, 2.05) is 30.3 Å². The van der Waals surface area contributed by atoms with Crippen molar-refractivity contribution in [3.63, 3.8) is 0 Å². The van der Waals surface area contributed by atoms with Crippen molar-refractivity contribution in [2.24, 2.45) is 0 Å². The van der Waals surface area contributed by atoms with E-state index in [2.05, 4.69) is 48.5 Å². The maximum absolute atomic E-state index is 6.55. The summed E-state index contributed by atoms with van der Waals surface area (Å²) >= 11 is 6.55. The van der Waals surface area contributed by atoms with Gasteiger partial charge in [0.2, 0.25) is 0 Å². The van der Waals surface area contributed by atoms with Crippen LogP contribution in [0.2, 0.25) is 0 Å². The summed E-state index contributed by atoms with van der Waals surface area (Å²) in [6.45, 7) is 0. The number of halogens is 1. The molecule has 0 aromatic heterocycles. The fourth-order valence-corrected chi connectivity index (χ4v) is 2.73. The zero-order valence-corrected chi connectivity index (χ0v) is 13.1. The molecular weight excluding hydrogens is 292 g/mol. The number of hydrogen-bond acceptors (Lipinski definition) is 1. The summed E-state index contributed by atoms with van der Waals surface area (Å²) in [6.07, 6.45) is 0. The molecule has 0 aliphatic heterocycles. The van der Waals surface area contributed by atoms with Crippen LogP contribution in [0.1, 0.15) is 16.5 Å². The van der Waals surface area contributed by atoms with E-state index in [0.29, 0.717) is 0 Å². The second kappa shape index (κ2) is 6.67. The summed E-state index contributed by atoms with van der Waals surface area (Å²) in [4.78, 5) is 0. The van der Waals surface area contributed by atoms with Crippen LogP contribution in [0.4, 0.5) is 0 Å². The molecule has 0 fully saturated rings. The Balaban J connectivity index is 1.83. The molecule has 1 atom stereocenters. The van der Waals surface area contributed by atoms with Crippen LogP contribution in [-0.4, -0.2) is 7.11 Å². The van der Waals surface area contributed by atoms with E-state index >= 15 is 0 Å². The third-order valence-electron chi connectivity index (χ3n) is 3.72. The summed E-state index contributed by atoms with van der Waals surface area (Å²) in [7, 11) is 1.67. The van der Waals surface area contributed by atoms with Crippen LogP contribution in [0.5, 0.6) is 5.75 Å². The highest BCUT2D eigenvalue weighted by molar-refractivity contribution is 6.22. The van der Waals surface area contributed by atoms with Crippen molar-refractivity contribution in [2.75, 3.05) is 7.11 Å². The molecule has 0 aliphatic carbocycles. The molecule has 0 spiro atoms. The van der Waals surface area contributed by atoms with Crippen molar-refractivity contribution < 1.29 is 4.74 Å². The Hall–Kier alpha value is -2.25. The van der Waals surface area contributed by atoms with E-state index in [1.165, 1.54) is 5.56 Å². The molecule has 1 unspecified atom stereocenters. The number of hydrogen-bond donors (Lipinski definition) is 0. The molecule has 3 aromatic carbocycles. The molecule has 0 bridgehead atoms. The van der Waals surface area contributed by atoms with E-state index in [1.54, 1.807) is 7.11 Å². The molecule has 22 heavy (non-hydrogen) atoms. The lowest BCUT2D eigenvalue weighted by Crippen LogP contribution is -1.92. The summed E-state index contributed by atoms with van der Waals surface area (Å²) in [5.74, 6) is 0.866. The molecular formula is C20H17ClO. The molecule has 0 radical (unpaired) electrons. The minimum atomic E-state index is -0.119. The van der Waals surface area contributed by atoms with Gasteiger partial charge in [0.15, 0.2) is 0 Å². The Labute approximate surface area is 136 Å². The summed E-state index contributed by atoms with van der Waals surface area (Å²) in [5, 5.41) is -0.119. The number of alkyl halides is 1. The van der Waals surface area contributed by atoms with Crippen molar-refractivity contribution in [3.05, 3.63) is 90.0 Å². The minimum absolute atomic E-state index is 0.119. The molecule has 0 amide bonds. The largest absolute Gasteiger partial charge is 0.497 e. The Morgan fingerprint density at radius 1 is 0.682 bits per heavy atom. The Bertz CT molecular complexity index is 718. The average Bonchev–Trinajstić information content (AvgIpc) is 2.62. The first kappa shape index (κ1) is 14.7. The van der Waals surface area contributed by atoms with Gasteiger partial charge in [-0.25, -0.2) is 0 Å². The fraction of sp³-hybridized carbons (Fsp3) is 0.100. The minimum Gasteiger partial charge on any atom is -0.497 e. The highest BCUT2D eigenvalue weighted by atomic mass is 35.5. The number of rotatable bonds is 4. The van der Waals surface area contributed by atoms with E-state index < -0.39 is 0 Å². The number of benzene rings is 3.